The topological polar surface area (TPSA) is 3.24 Å². The SMILES string of the molecule is FCN(c1cc(F)ccc1F)C(F)(F)C(F)(F)F. The van der Waals surface area contributed by atoms with Gasteiger partial charge in [-0.2, -0.15) is 22.0 Å². The maximum absolute atomic E-state index is 13.0. The first-order chi connectivity index (χ1) is 8.11. The van der Waals surface area contributed by atoms with Gasteiger partial charge in [-0.15, -0.1) is 0 Å². The van der Waals surface area contributed by atoms with Crippen LogP contribution in [0.5, 0.6) is 0 Å². The van der Waals surface area contributed by atoms with E-state index in [0.717, 1.165) is 0 Å². The van der Waals surface area contributed by atoms with E-state index < -0.39 is 41.2 Å². The van der Waals surface area contributed by atoms with Crippen molar-refractivity contribution >= 4 is 5.69 Å². The maximum Gasteiger partial charge on any atom is 0.475 e. The van der Waals surface area contributed by atoms with E-state index in [-0.39, 0.29) is 6.07 Å². The average molecular weight is 279 g/mol. The van der Waals surface area contributed by atoms with Crippen LogP contribution in [0.15, 0.2) is 18.2 Å². The number of benzene rings is 1. The largest absolute Gasteiger partial charge is 0.475 e. The van der Waals surface area contributed by atoms with Crippen LogP contribution in [-0.4, -0.2) is 19.0 Å². The van der Waals surface area contributed by atoms with Gasteiger partial charge in [0, 0.05) is 6.07 Å². The molecule has 0 bridgehead atoms. The summed E-state index contributed by atoms with van der Waals surface area (Å²) in [6.07, 6.45) is -6.13. The molecule has 0 amide bonds. The van der Waals surface area contributed by atoms with Crippen LogP contribution in [0.2, 0.25) is 0 Å². The van der Waals surface area contributed by atoms with Gasteiger partial charge in [-0.3, -0.25) is 4.90 Å². The minimum Gasteiger partial charge on any atom is -0.274 e. The average Bonchev–Trinajstić information content (AvgIpc) is 2.22. The zero-order chi connectivity index (χ0) is 14.1. The molecule has 0 aliphatic rings. The summed E-state index contributed by atoms with van der Waals surface area (Å²) in [5, 5.41) is 0. The molecule has 1 aromatic rings. The number of rotatable bonds is 3. The number of alkyl halides is 6. The Balaban J connectivity index is 3.30. The van der Waals surface area contributed by atoms with E-state index in [0.29, 0.717) is 12.1 Å². The third-order valence-corrected chi connectivity index (χ3v) is 2.00. The van der Waals surface area contributed by atoms with Crippen LogP contribution in [0.1, 0.15) is 0 Å². The van der Waals surface area contributed by atoms with Crippen LogP contribution in [0.25, 0.3) is 0 Å². The van der Waals surface area contributed by atoms with Gasteiger partial charge in [0.1, 0.15) is 11.6 Å². The molecule has 0 heterocycles. The van der Waals surface area contributed by atoms with Gasteiger partial charge in [-0.25, -0.2) is 13.2 Å². The summed E-state index contributed by atoms with van der Waals surface area (Å²) in [7, 11) is 0. The standard InChI is InChI=1S/C9H5F8N/c10-4-18(9(16,17)8(13,14)15)7-3-5(11)1-2-6(7)12/h1-3H,4H2. The molecule has 0 aliphatic heterocycles. The van der Waals surface area contributed by atoms with Crippen LogP contribution in [-0.2, 0) is 0 Å². The summed E-state index contributed by atoms with van der Waals surface area (Å²) >= 11 is 0. The molecular weight excluding hydrogens is 274 g/mol. The molecular formula is C9H5F8N. The summed E-state index contributed by atoms with van der Waals surface area (Å²) in [4.78, 5) is -1.20. The van der Waals surface area contributed by atoms with Crippen molar-refractivity contribution in [3.63, 3.8) is 0 Å². The lowest BCUT2D eigenvalue weighted by Gasteiger charge is -2.31. The fourth-order valence-electron chi connectivity index (χ4n) is 1.14. The lowest BCUT2D eigenvalue weighted by molar-refractivity contribution is -0.283. The first kappa shape index (κ1) is 14.5. The molecule has 1 rings (SSSR count). The zero-order valence-electron chi connectivity index (χ0n) is 8.41. The first-order valence-corrected chi connectivity index (χ1v) is 4.34. The van der Waals surface area contributed by atoms with Crippen LogP contribution < -0.4 is 4.90 Å². The van der Waals surface area contributed by atoms with Crippen molar-refractivity contribution in [2.24, 2.45) is 0 Å². The predicted molar refractivity (Wildman–Crippen MR) is 45.8 cm³/mol. The summed E-state index contributed by atoms with van der Waals surface area (Å²) in [5.74, 6) is -2.87. The van der Waals surface area contributed by atoms with Crippen LogP contribution in [0.4, 0.5) is 40.8 Å². The van der Waals surface area contributed by atoms with E-state index in [4.69, 9.17) is 0 Å². The van der Waals surface area contributed by atoms with Crippen molar-refractivity contribution in [2.75, 3.05) is 11.7 Å². The predicted octanol–water partition coefficient (Wildman–Crippen LogP) is 3.85. The smallest absolute Gasteiger partial charge is 0.274 e. The van der Waals surface area contributed by atoms with Crippen LogP contribution in [0, 0.1) is 11.6 Å². The van der Waals surface area contributed by atoms with Crippen LogP contribution >= 0.6 is 0 Å². The second-order valence-electron chi connectivity index (χ2n) is 3.18. The summed E-state index contributed by atoms with van der Waals surface area (Å²) < 4.78 is 99.8. The molecule has 0 fully saturated rings. The lowest BCUT2D eigenvalue weighted by atomic mass is 10.2. The van der Waals surface area contributed by atoms with E-state index in [9.17, 15) is 35.1 Å². The highest BCUT2D eigenvalue weighted by molar-refractivity contribution is 5.49. The molecule has 0 saturated carbocycles. The Morgan fingerprint density at radius 3 is 2.00 bits per heavy atom. The zero-order valence-corrected chi connectivity index (χ0v) is 8.41. The summed E-state index contributed by atoms with van der Waals surface area (Å²) in [5.41, 5.74) is -1.51. The molecule has 1 nitrogen and oxygen atoms in total. The first-order valence-electron chi connectivity index (χ1n) is 4.34. The van der Waals surface area contributed by atoms with Gasteiger partial charge in [0.25, 0.3) is 0 Å². The molecule has 0 spiro atoms. The van der Waals surface area contributed by atoms with Crippen molar-refractivity contribution in [1.82, 2.24) is 0 Å². The normalized spacial score (nSPS) is 12.7. The Morgan fingerprint density at radius 1 is 1.00 bits per heavy atom. The lowest BCUT2D eigenvalue weighted by Crippen LogP contribution is -2.52. The molecule has 9 heteroatoms. The Kier molecular flexibility index (Phi) is 3.72. The molecule has 0 aliphatic carbocycles. The van der Waals surface area contributed by atoms with Gasteiger partial charge in [0.15, 0.2) is 6.80 Å². The second-order valence-corrected chi connectivity index (χ2v) is 3.18. The van der Waals surface area contributed by atoms with E-state index in [2.05, 4.69) is 0 Å². The Labute approximate surface area is 95.6 Å². The van der Waals surface area contributed by atoms with E-state index in [1.165, 1.54) is 0 Å². The number of anilines is 1. The maximum atomic E-state index is 13.0. The van der Waals surface area contributed by atoms with E-state index in [1.54, 1.807) is 0 Å². The van der Waals surface area contributed by atoms with Gasteiger partial charge in [0.2, 0.25) is 0 Å². The van der Waals surface area contributed by atoms with Crippen LogP contribution in [0.3, 0.4) is 0 Å². The van der Waals surface area contributed by atoms with Crippen molar-refractivity contribution in [3.8, 4) is 0 Å². The summed E-state index contributed by atoms with van der Waals surface area (Å²) in [6.45, 7) is -2.34. The van der Waals surface area contributed by atoms with E-state index >= 15 is 0 Å². The Morgan fingerprint density at radius 2 is 1.56 bits per heavy atom. The summed E-state index contributed by atoms with van der Waals surface area (Å²) in [6, 6.07) is -4.79. The highest BCUT2D eigenvalue weighted by Crippen LogP contribution is 2.41. The van der Waals surface area contributed by atoms with Crippen molar-refractivity contribution < 1.29 is 35.1 Å². The minimum atomic E-state index is -6.13. The van der Waals surface area contributed by atoms with Crippen molar-refractivity contribution in [2.45, 2.75) is 12.2 Å². The fraction of sp³-hybridized carbons (Fsp3) is 0.333. The number of nitrogens with zero attached hydrogens (tertiary/aromatic N) is 1. The molecule has 1 aromatic carbocycles. The third kappa shape index (κ3) is 2.49. The molecule has 0 saturated heterocycles. The monoisotopic (exact) mass is 279 g/mol. The quantitative estimate of drug-likeness (QED) is 0.600. The number of hydrogen-bond donors (Lipinski definition) is 0. The van der Waals surface area contributed by atoms with Gasteiger partial charge in [-0.1, -0.05) is 0 Å². The third-order valence-electron chi connectivity index (χ3n) is 2.00. The fourth-order valence-corrected chi connectivity index (χ4v) is 1.14. The van der Waals surface area contributed by atoms with E-state index in [1.807, 2.05) is 0 Å². The van der Waals surface area contributed by atoms with Crippen molar-refractivity contribution in [3.05, 3.63) is 29.8 Å². The van der Waals surface area contributed by atoms with Crippen molar-refractivity contribution in [1.29, 1.82) is 0 Å². The second kappa shape index (κ2) is 4.62. The van der Waals surface area contributed by atoms with Gasteiger partial charge >= 0.3 is 12.2 Å². The highest BCUT2D eigenvalue weighted by Gasteiger charge is 2.62. The minimum absolute atomic E-state index is 0.0502. The molecule has 18 heavy (non-hydrogen) atoms. The molecule has 0 N–H and O–H groups in total. The number of hydrogen-bond acceptors (Lipinski definition) is 1. The van der Waals surface area contributed by atoms with Gasteiger partial charge in [0.05, 0.1) is 5.69 Å². The molecule has 0 aromatic heterocycles. The van der Waals surface area contributed by atoms with Gasteiger partial charge in [-0.05, 0) is 12.1 Å². The number of halogens is 8. The highest BCUT2D eigenvalue weighted by atomic mass is 19.4. The van der Waals surface area contributed by atoms with Gasteiger partial charge < -0.3 is 0 Å². The molecule has 0 unspecified atom stereocenters. The Bertz CT molecular complexity index is 427. The molecule has 102 valence electrons. The molecule has 0 radical (unpaired) electrons. The Hall–Kier alpha value is -1.54. The molecule has 0 atom stereocenters.